The van der Waals surface area contributed by atoms with E-state index in [1.54, 1.807) is 58.3 Å². The molecule has 1 saturated heterocycles. The molecule has 1 aliphatic rings. The third-order valence-electron chi connectivity index (χ3n) is 5.92. The summed E-state index contributed by atoms with van der Waals surface area (Å²) in [5.74, 6) is 1.03. The average Bonchev–Trinajstić information content (AvgIpc) is 3.59. The van der Waals surface area contributed by atoms with Crippen LogP contribution in [0.2, 0.25) is 0 Å². The number of amides is 1. The number of carbonyl (C=O) groups excluding carboxylic acids is 1. The highest BCUT2D eigenvalue weighted by molar-refractivity contribution is 7.91. The molecule has 10 heteroatoms. The summed E-state index contributed by atoms with van der Waals surface area (Å²) in [4.78, 5) is 20.6. The van der Waals surface area contributed by atoms with Crippen molar-refractivity contribution in [3.8, 4) is 17.4 Å². The summed E-state index contributed by atoms with van der Waals surface area (Å²) in [7, 11) is -3.96. The van der Waals surface area contributed by atoms with Crippen molar-refractivity contribution in [2.75, 3.05) is 37.7 Å². The van der Waals surface area contributed by atoms with E-state index in [1.807, 2.05) is 25.1 Å². The predicted octanol–water partition coefficient (Wildman–Crippen LogP) is 3.80. The Morgan fingerprint density at radius 1 is 0.972 bits per heavy atom. The number of hydrogen-bond acceptors (Lipinski definition) is 8. The molecule has 0 spiro atoms. The molecule has 0 radical (unpaired) electrons. The molecule has 2 aromatic carbocycles. The van der Waals surface area contributed by atoms with Gasteiger partial charge in [-0.05, 0) is 43.3 Å². The van der Waals surface area contributed by atoms with E-state index in [4.69, 9.17) is 13.6 Å². The van der Waals surface area contributed by atoms with E-state index in [9.17, 15) is 13.2 Å². The van der Waals surface area contributed by atoms with Gasteiger partial charge in [-0.2, -0.15) is 4.98 Å². The molecule has 36 heavy (non-hydrogen) atoms. The van der Waals surface area contributed by atoms with Crippen LogP contribution >= 0.6 is 0 Å². The van der Waals surface area contributed by atoms with Gasteiger partial charge in [-0.15, -0.1) is 0 Å². The summed E-state index contributed by atoms with van der Waals surface area (Å²) < 4.78 is 44.0. The maximum absolute atomic E-state index is 13.5. The smallest absolute Gasteiger partial charge is 0.266 e. The van der Waals surface area contributed by atoms with Gasteiger partial charge in [0.15, 0.2) is 12.4 Å². The van der Waals surface area contributed by atoms with E-state index in [0.717, 1.165) is 5.56 Å². The van der Waals surface area contributed by atoms with Gasteiger partial charge in [0.25, 0.3) is 11.8 Å². The lowest BCUT2D eigenvalue weighted by molar-refractivity contribution is -0.133. The minimum atomic E-state index is -3.96. The fraction of sp³-hybridized carbons (Fsp3) is 0.231. The molecule has 1 aliphatic heterocycles. The van der Waals surface area contributed by atoms with Crippen LogP contribution in [-0.4, -0.2) is 57.0 Å². The molecule has 0 bridgehead atoms. The number of anilines is 1. The fourth-order valence-corrected chi connectivity index (χ4v) is 5.24. The molecule has 1 amide bonds. The van der Waals surface area contributed by atoms with Crippen LogP contribution in [0.15, 0.2) is 91.7 Å². The summed E-state index contributed by atoms with van der Waals surface area (Å²) in [6, 6.07) is 19.1. The molecular formula is C26H25N3O6S. The van der Waals surface area contributed by atoms with Crippen molar-refractivity contribution in [3.05, 3.63) is 78.6 Å². The summed E-state index contributed by atoms with van der Waals surface area (Å²) in [5, 5.41) is -0.176. The van der Waals surface area contributed by atoms with Crippen molar-refractivity contribution in [2.24, 2.45) is 0 Å². The number of sulfone groups is 1. The SMILES string of the molecule is Cc1ccc(S(=O)(=O)c2nc(-c3ccco3)oc2N2CCN(C(=O)COc3ccccc3)CC2)cc1. The first-order valence-corrected chi connectivity index (χ1v) is 13.0. The van der Waals surface area contributed by atoms with E-state index < -0.39 is 9.84 Å². The van der Waals surface area contributed by atoms with Gasteiger partial charge in [0.05, 0.1) is 11.2 Å². The van der Waals surface area contributed by atoms with E-state index in [0.29, 0.717) is 37.7 Å². The van der Waals surface area contributed by atoms with Gasteiger partial charge in [-0.3, -0.25) is 4.79 Å². The number of carbonyl (C=O) groups is 1. The molecule has 0 saturated carbocycles. The van der Waals surface area contributed by atoms with Gasteiger partial charge in [0.2, 0.25) is 20.7 Å². The molecule has 2 aromatic heterocycles. The Bertz CT molecular complexity index is 1420. The largest absolute Gasteiger partial charge is 0.484 e. The molecule has 3 heterocycles. The van der Waals surface area contributed by atoms with Crippen molar-refractivity contribution >= 4 is 21.6 Å². The van der Waals surface area contributed by atoms with Crippen molar-refractivity contribution in [2.45, 2.75) is 16.8 Å². The number of hydrogen-bond donors (Lipinski definition) is 0. The summed E-state index contributed by atoms with van der Waals surface area (Å²) in [6.07, 6.45) is 1.47. The van der Waals surface area contributed by atoms with Gasteiger partial charge in [-0.25, -0.2) is 8.42 Å². The van der Waals surface area contributed by atoms with Crippen LogP contribution in [0.4, 0.5) is 5.88 Å². The molecule has 1 fully saturated rings. The van der Waals surface area contributed by atoms with E-state index in [1.165, 1.54) is 6.26 Å². The number of aromatic nitrogens is 1. The maximum atomic E-state index is 13.5. The Labute approximate surface area is 208 Å². The van der Waals surface area contributed by atoms with Crippen LogP contribution < -0.4 is 9.64 Å². The first-order valence-electron chi connectivity index (χ1n) is 11.5. The predicted molar refractivity (Wildman–Crippen MR) is 132 cm³/mol. The Morgan fingerprint density at radius 3 is 2.36 bits per heavy atom. The van der Waals surface area contributed by atoms with Crippen molar-refractivity contribution in [3.63, 3.8) is 0 Å². The van der Waals surface area contributed by atoms with Gasteiger partial charge in [0.1, 0.15) is 5.75 Å². The van der Waals surface area contributed by atoms with E-state index in [2.05, 4.69) is 4.98 Å². The van der Waals surface area contributed by atoms with Crippen LogP contribution in [-0.2, 0) is 14.6 Å². The minimum Gasteiger partial charge on any atom is -0.484 e. The van der Waals surface area contributed by atoms with E-state index >= 15 is 0 Å². The number of para-hydroxylation sites is 1. The topological polar surface area (TPSA) is 106 Å². The van der Waals surface area contributed by atoms with Gasteiger partial charge in [-0.1, -0.05) is 35.9 Å². The zero-order valence-corrected chi connectivity index (χ0v) is 20.5. The van der Waals surface area contributed by atoms with Gasteiger partial charge >= 0.3 is 0 Å². The number of furan rings is 1. The number of piperazine rings is 1. The molecule has 0 atom stereocenters. The highest BCUT2D eigenvalue weighted by Gasteiger charge is 2.34. The normalized spacial score (nSPS) is 14.1. The first-order chi connectivity index (χ1) is 17.4. The zero-order chi connectivity index (χ0) is 25.1. The third-order valence-corrected chi connectivity index (χ3v) is 7.59. The molecule has 9 nitrogen and oxygen atoms in total. The Balaban J connectivity index is 1.35. The standard InChI is InChI=1S/C26H25N3O6S/c1-19-9-11-21(12-10-19)36(31,32)25-26(35-24(27-25)22-8-5-17-33-22)29-15-13-28(14-16-29)23(30)18-34-20-6-3-2-4-7-20/h2-12,17H,13-16,18H2,1H3. The lowest BCUT2D eigenvalue weighted by Crippen LogP contribution is -2.50. The van der Waals surface area contributed by atoms with Crippen molar-refractivity contribution in [1.82, 2.24) is 9.88 Å². The summed E-state index contributed by atoms with van der Waals surface area (Å²) in [6.45, 7) is 3.34. The molecule has 186 valence electrons. The minimum absolute atomic E-state index is 0.0674. The highest BCUT2D eigenvalue weighted by atomic mass is 32.2. The van der Waals surface area contributed by atoms with Crippen LogP contribution in [0, 0.1) is 6.92 Å². The number of aryl methyl sites for hydroxylation is 1. The monoisotopic (exact) mass is 507 g/mol. The number of oxazole rings is 1. The Morgan fingerprint density at radius 2 is 1.69 bits per heavy atom. The van der Waals surface area contributed by atoms with Crippen LogP contribution in [0.25, 0.3) is 11.7 Å². The first kappa shape index (κ1) is 23.7. The lowest BCUT2D eigenvalue weighted by atomic mass is 10.2. The van der Waals surface area contributed by atoms with Crippen molar-refractivity contribution in [1.29, 1.82) is 0 Å². The quantitative estimate of drug-likeness (QED) is 0.372. The number of ether oxygens (including phenoxy) is 1. The molecule has 0 N–H and O–H groups in total. The highest BCUT2D eigenvalue weighted by Crippen LogP contribution is 2.35. The summed E-state index contributed by atoms with van der Waals surface area (Å²) in [5.41, 5.74) is 0.947. The Hall–Kier alpha value is -4.05. The Kier molecular flexibility index (Phi) is 6.51. The van der Waals surface area contributed by atoms with Crippen LogP contribution in [0.3, 0.4) is 0 Å². The average molecular weight is 508 g/mol. The molecule has 5 rings (SSSR count). The molecule has 0 aliphatic carbocycles. The van der Waals surface area contributed by atoms with E-state index in [-0.39, 0.29) is 34.2 Å². The second-order valence-corrected chi connectivity index (χ2v) is 10.3. The van der Waals surface area contributed by atoms with Gasteiger partial charge < -0.3 is 23.4 Å². The summed E-state index contributed by atoms with van der Waals surface area (Å²) >= 11 is 0. The number of benzene rings is 2. The number of nitrogens with zero attached hydrogens (tertiary/aromatic N) is 3. The van der Waals surface area contributed by atoms with Crippen LogP contribution in [0.1, 0.15) is 5.56 Å². The maximum Gasteiger partial charge on any atom is 0.266 e. The molecular weight excluding hydrogens is 482 g/mol. The second-order valence-electron chi connectivity index (χ2n) is 8.39. The lowest BCUT2D eigenvalue weighted by Gasteiger charge is -2.34. The molecule has 4 aromatic rings. The van der Waals surface area contributed by atoms with Gasteiger partial charge in [0, 0.05) is 26.2 Å². The molecule has 0 unspecified atom stereocenters. The fourth-order valence-electron chi connectivity index (χ4n) is 3.92. The third kappa shape index (κ3) is 4.85. The number of rotatable bonds is 7. The second kappa shape index (κ2) is 9.90. The van der Waals surface area contributed by atoms with Crippen molar-refractivity contribution < 1.29 is 26.8 Å². The van der Waals surface area contributed by atoms with Crippen LogP contribution in [0.5, 0.6) is 5.75 Å². The zero-order valence-electron chi connectivity index (χ0n) is 19.7.